The summed E-state index contributed by atoms with van der Waals surface area (Å²) in [6.45, 7) is 2.62. The Morgan fingerprint density at radius 3 is 2.95 bits per heavy atom. The first-order valence-electron chi connectivity index (χ1n) is 7.34. The third-order valence-electron chi connectivity index (χ3n) is 3.97. The smallest absolute Gasteiger partial charge is 0.326 e. The summed E-state index contributed by atoms with van der Waals surface area (Å²) in [6.07, 6.45) is 2.28. The minimum atomic E-state index is -1.16. The predicted octanol–water partition coefficient (Wildman–Crippen LogP) is -1.02. The molecule has 0 saturated carbocycles. The SMILES string of the molecule is O=C(NCC1CN2CCCC2CO1)NC(CCO)C(=O)O. The maximum atomic E-state index is 11.7. The highest BCUT2D eigenvalue weighted by Gasteiger charge is 2.32. The second kappa shape index (κ2) is 7.58. The van der Waals surface area contributed by atoms with Gasteiger partial charge in [0.15, 0.2) is 0 Å². The number of nitrogens with one attached hydrogen (secondary N) is 2. The lowest BCUT2D eigenvalue weighted by Gasteiger charge is -2.35. The zero-order chi connectivity index (χ0) is 15.2. The topological polar surface area (TPSA) is 111 Å². The number of urea groups is 1. The number of carbonyl (C=O) groups is 2. The number of carboxylic acids is 1. The van der Waals surface area contributed by atoms with Crippen molar-refractivity contribution in [2.24, 2.45) is 0 Å². The molecule has 0 aromatic heterocycles. The summed E-state index contributed by atoms with van der Waals surface area (Å²) in [7, 11) is 0. The molecule has 0 radical (unpaired) electrons. The molecular formula is C13H23N3O5. The van der Waals surface area contributed by atoms with Crippen LogP contribution in [-0.2, 0) is 9.53 Å². The first-order valence-corrected chi connectivity index (χ1v) is 7.34. The summed E-state index contributed by atoms with van der Waals surface area (Å²) < 4.78 is 5.70. The van der Waals surface area contributed by atoms with Crippen LogP contribution < -0.4 is 10.6 Å². The Balaban J connectivity index is 1.70. The normalized spacial score (nSPS) is 26.9. The molecule has 2 amide bonds. The molecule has 2 aliphatic heterocycles. The van der Waals surface area contributed by atoms with Gasteiger partial charge in [0.2, 0.25) is 0 Å². The van der Waals surface area contributed by atoms with Gasteiger partial charge in [0.05, 0.1) is 12.7 Å². The average molecular weight is 301 g/mol. The quantitative estimate of drug-likeness (QED) is 0.500. The van der Waals surface area contributed by atoms with Gasteiger partial charge in [0.1, 0.15) is 6.04 Å². The van der Waals surface area contributed by atoms with Crippen LogP contribution in [0, 0.1) is 0 Å². The lowest BCUT2D eigenvalue weighted by atomic mass is 10.2. The Hall–Kier alpha value is -1.38. The molecule has 0 aromatic rings. The number of hydrogen-bond acceptors (Lipinski definition) is 5. The van der Waals surface area contributed by atoms with Gasteiger partial charge in [0, 0.05) is 32.2 Å². The van der Waals surface area contributed by atoms with Gasteiger partial charge in [-0.05, 0) is 19.4 Å². The van der Waals surface area contributed by atoms with Crippen LogP contribution in [-0.4, -0.2) is 78.1 Å². The number of aliphatic hydroxyl groups excluding tert-OH is 1. The summed E-state index contributed by atoms with van der Waals surface area (Å²) >= 11 is 0. The van der Waals surface area contributed by atoms with E-state index in [1.54, 1.807) is 0 Å². The van der Waals surface area contributed by atoms with Gasteiger partial charge in [-0.3, -0.25) is 4.90 Å². The van der Waals surface area contributed by atoms with E-state index < -0.39 is 18.0 Å². The van der Waals surface area contributed by atoms with E-state index in [4.69, 9.17) is 14.9 Å². The Kier molecular flexibility index (Phi) is 5.77. The van der Waals surface area contributed by atoms with Gasteiger partial charge in [-0.25, -0.2) is 9.59 Å². The first-order chi connectivity index (χ1) is 10.1. The molecule has 0 aliphatic carbocycles. The summed E-state index contributed by atoms with van der Waals surface area (Å²) in [5.74, 6) is -1.16. The number of aliphatic hydroxyl groups is 1. The Morgan fingerprint density at radius 1 is 1.43 bits per heavy atom. The molecular weight excluding hydrogens is 278 g/mol. The molecule has 8 nitrogen and oxygen atoms in total. The molecule has 0 spiro atoms. The largest absolute Gasteiger partial charge is 0.480 e. The highest BCUT2D eigenvalue weighted by Crippen LogP contribution is 2.22. The Bertz CT molecular complexity index is 379. The molecule has 21 heavy (non-hydrogen) atoms. The fraction of sp³-hybridized carbons (Fsp3) is 0.846. The second-order valence-electron chi connectivity index (χ2n) is 5.50. The monoisotopic (exact) mass is 301 g/mol. The van der Waals surface area contributed by atoms with E-state index in [1.165, 1.54) is 12.8 Å². The number of morpholine rings is 1. The first kappa shape index (κ1) is 16.0. The standard InChI is InChI=1S/C13H23N3O5/c17-5-3-11(12(18)19)15-13(20)14-6-10-7-16-4-1-2-9(16)8-21-10/h9-11,17H,1-8H2,(H,18,19)(H2,14,15,20). The highest BCUT2D eigenvalue weighted by atomic mass is 16.5. The Labute approximate surface area is 123 Å². The number of hydrogen-bond donors (Lipinski definition) is 4. The number of amides is 2. The van der Waals surface area contributed by atoms with Crippen LogP contribution in [0.15, 0.2) is 0 Å². The van der Waals surface area contributed by atoms with Crippen molar-refractivity contribution in [1.82, 2.24) is 15.5 Å². The van der Waals surface area contributed by atoms with Crippen molar-refractivity contribution in [2.45, 2.75) is 37.5 Å². The molecule has 4 N–H and O–H groups in total. The van der Waals surface area contributed by atoms with Gasteiger partial charge in [0.25, 0.3) is 0 Å². The van der Waals surface area contributed by atoms with Gasteiger partial charge in [-0.2, -0.15) is 0 Å². The molecule has 2 rings (SSSR count). The van der Waals surface area contributed by atoms with Crippen molar-refractivity contribution < 1.29 is 24.5 Å². The number of rotatable bonds is 6. The summed E-state index contributed by atoms with van der Waals surface area (Å²) in [5.41, 5.74) is 0. The maximum absolute atomic E-state index is 11.7. The van der Waals surface area contributed by atoms with E-state index in [9.17, 15) is 9.59 Å². The van der Waals surface area contributed by atoms with Crippen molar-refractivity contribution in [2.75, 3.05) is 32.8 Å². The van der Waals surface area contributed by atoms with E-state index in [1.807, 2.05) is 0 Å². The van der Waals surface area contributed by atoms with Crippen molar-refractivity contribution in [3.05, 3.63) is 0 Å². The molecule has 2 aliphatic rings. The molecule has 3 atom stereocenters. The lowest BCUT2D eigenvalue weighted by molar-refractivity contribution is -0.139. The molecule has 0 bridgehead atoms. The molecule has 120 valence electrons. The third-order valence-corrected chi connectivity index (χ3v) is 3.97. The molecule has 8 heteroatoms. The zero-order valence-corrected chi connectivity index (χ0v) is 12.0. The number of carboxylic acid groups (broad SMARTS) is 1. The Morgan fingerprint density at radius 2 is 2.24 bits per heavy atom. The van der Waals surface area contributed by atoms with Crippen molar-refractivity contribution in [1.29, 1.82) is 0 Å². The van der Waals surface area contributed by atoms with E-state index in [-0.39, 0.29) is 19.1 Å². The van der Waals surface area contributed by atoms with Gasteiger partial charge < -0.3 is 25.6 Å². The number of aliphatic carboxylic acids is 1. The predicted molar refractivity (Wildman–Crippen MR) is 74.0 cm³/mol. The molecule has 0 aromatic carbocycles. The number of nitrogens with zero attached hydrogens (tertiary/aromatic N) is 1. The number of carbonyl (C=O) groups excluding carboxylic acids is 1. The van der Waals surface area contributed by atoms with Crippen LogP contribution in [0.3, 0.4) is 0 Å². The van der Waals surface area contributed by atoms with Crippen LogP contribution in [0.4, 0.5) is 4.79 Å². The third kappa shape index (κ3) is 4.55. The minimum absolute atomic E-state index is 0.0157. The van der Waals surface area contributed by atoms with E-state index in [0.29, 0.717) is 19.2 Å². The van der Waals surface area contributed by atoms with Gasteiger partial charge >= 0.3 is 12.0 Å². The fourth-order valence-electron chi connectivity index (χ4n) is 2.81. The molecule has 3 unspecified atom stereocenters. The highest BCUT2D eigenvalue weighted by molar-refractivity contribution is 5.82. The van der Waals surface area contributed by atoms with Crippen LogP contribution >= 0.6 is 0 Å². The van der Waals surface area contributed by atoms with E-state index >= 15 is 0 Å². The maximum Gasteiger partial charge on any atom is 0.326 e. The van der Waals surface area contributed by atoms with Gasteiger partial charge in [-0.1, -0.05) is 0 Å². The summed E-state index contributed by atoms with van der Waals surface area (Å²) in [4.78, 5) is 24.9. The van der Waals surface area contributed by atoms with Crippen molar-refractivity contribution in [3.63, 3.8) is 0 Å². The van der Waals surface area contributed by atoms with Crippen LogP contribution in [0.5, 0.6) is 0 Å². The summed E-state index contributed by atoms with van der Waals surface area (Å²) in [6, 6.07) is -1.12. The van der Waals surface area contributed by atoms with Crippen LogP contribution in [0.1, 0.15) is 19.3 Å². The molecule has 2 saturated heterocycles. The van der Waals surface area contributed by atoms with Crippen LogP contribution in [0.2, 0.25) is 0 Å². The van der Waals surface area contributed by atoms with E-state index in [0.717, 1.165) is 13.1 Å². The fourth-order valence-corrected chi connectivity index (χ4v) is 2.81. The van der Waals surface area contributed by atoms with Crippen molar-refractivity contribution >= 4 is 12.0 Å². The minimum Gasteiger partial charge on any atom is -0.480 e. The number of ether oxygens (including phenoxy) is 1. The molecule has 2 heterocycles. The van der Waals surface area contributed by atoms with Crippen LogP contribution in [0.25, 0.3) is 0 Å². The number of fused-ring (bicyclic) bond motifs is 1. The second-order valence-corrected chi connectivity index (χ2v) is 5.50. The average Bonchev–Trinajstić information content (AvgIpc) is 2.92. The van der Waals surface area contributed by atoms with Crippen molar-refractivity contribution in [3.8, 4) is 0 Å². The lowest BCUT2D eigenvalue weighted by Crippen LogP contribution is -2.52. The summed E-state index contributed by atoms with van der Waals surface area (Å²) in [5, 5.41) is 22.6. The molecule has 2 fully saturated rings. The van der Waals surface area contributed by atoms with E-state index in [2.05, 4.69) is 15.5 Å². The zero-order valence-electron chi connectivity index (χ0n) is 12.0. The van der Waals surface area contributed by atoms with Gasteiger partial charge in [-0.15, -0.1) is 0 Å².